The van der Waals surface area contributed by atoms with Gasteiger partial charge in [0.05, 0.1) is 4.90 Å². The van der Waals surface area contributed by atoms with Gasteiger partial charge in [-0.1, -0.05) is 0 Å². The van der Waals surface area contributed by atoms with Gasteiger partial charge in [-0.25, -0.2) is 8.42 Å². The van der Waals surface area contributed by atoms with Gasteiger partial charge in [-0.3, -0.25) is 4.79 Å². The number of sulfonamides is 1. The summed E-state index contributed by atoms with van der Waals surface area (Å²) in [6.07, 6.45) is 1.83. The van der Waals surface area contributed by atoms with Crippen LogP contribution in [-0.4, -0.2) is 55.8 Å². The number of nitrogens with zero attached hydrogens (tertiary/aromatic N) is 2. The molecule has 136 valence electrons. The third-order valence-electron chi connectivity index (χ3n) is 4.25. The molecule has 24 heavy (non-hydrogen) atoms. The molecule has 0 spiro atoms. The topological polar surface area (TPSA) is 83.7 Å². The molecule has 1 fully saturated rings. The van der Waals surface area contributed by atoms with E-state index in [1.807, 2.05) is 13.8 Å². The molecule has 1 atom stereocenters. The summed E-state index contributed by atoms with van der Waals surface area (Å²) in [4.78, 5) is 14.4. The summed E-state index contributed by atoms with van der Waals surface area (Å²) in [5.41, 5.74) is 6.40. The molecule has 0 aromatic heterocycles. The van der Waals surface area contributed by atoms with Crippen LogP contribution in [0.5, 0.6) is 0 Å². The Labute approximate surface area is 150 Å². The molecule has 6 nitrogen and oxygen atoms in total. The van der Waals surface area contributed by atoms with Gasteiger partial charge in [0, 0.05) is 37.8 Å². The maximum absolute atomic E-state index is 12.5. The standard InChI is InChI=1S/C16H25N3O3S.ClH/c1-12(2)18(3)23(21,22)15-8-6-13(7-9-15)16(20)19-10-4-5-14(17)11-19;/h6-9,12,14H,4-5,10-11,17H2,1-3H3;1H. The number of hydrogen-bond acceptors (Lipinski definition) is 4. The van der Waals surface area contributed by atoms with E-state index in [9.17, 15) is 13.2 Å². The number of hydrogen-bond donors (Lipinski definition) is 1. The Morgan fingerprint density at radius 2 is 1.88 bits per heavy atom. The summed E-state index contributed by atoms with van der Waals surface area (Å²) in [5, 5.41) is 0. The van der Waals surface area contributed by atoms with Crippen LogP contribution < -0.4 is 5.73 Å². The predicted molar refractivity (Wildman–Crippen MR) is 96.9 cm³/mol. The van der Waals surface area contributed by atoms with Crippen LogP contribution >= 0.6 is 12.4 Å². The maximum atomic E-state index is 12.5. The molecular formula is C16H26ClN3O3S. The van der Waals surface area contributed by atoms with Crippen LogP contribution in [0.4, 0.5) is 0 Å². The van der Waals surface area contributed by atoms with Crippen molar-refractivity contribution < 1.29 is 13.2 Å². The Morgan fingerprint density at radius 1 is 1.29 bits per heavy atom. The van der Waals surface area contributed by atoms with Gasteiger partial charge in [0.1, 0.15) is 0 Å². The van der Waals surface area contributed by atoms with Crippen LogP contribution in [0.2, 0.25) is 0 Å². The second-order valence-electron chi connectivity index (χ2n) is 6.29. The maximum Gasteiger partial charge on any atom is 0.253 e. The van der Waals surface area contributed by atoms with Crippen molar-refractivity contribution in [1.29, 1.82) is 0 Å². The van der Waals surface area contributed by atoms with Crippen molar-refractivity contribution in [3.05, 3.63) is 29.8 Å². The number of carbonyl (C=O) groups is 1. The number of benzene rings is 1. The van der Waals surface area contributed by atoms with Gasteiger partial charge < -0.3 is 10.6 Å². The molecule has 2 N–H and O–H groups in total. The van der Waals surface area contributed by atoms with Gasteiger partial charge in [0.15, 0.2) is 0 Å². The second-order valence-corrected chi connectivity index (χ2v) is 8.29. The van der Waals surface area contributed by atoms with Crippen molar-refractivity contribution >= 4 is 28.3 Å². The summed E-state index contributed by atoms with van der Waals surface area (Å²) >= 11 is 0. The molecule has 8 heteroatoms. The highest BCUT2D eigenvalue weighted by molar-refractivity contribution is 7.89. The molecule has 0 aliphatic carbocycles. The lowest BCUT2D eigenvalue weighted by Crippen LogP contribution is -2.45. The van der Waals surface area contributed by atoms with Crippen molar-refractivity contribution in [3.8, 4) is 0 Å². The van der Waals surface area contributed by atoms with Gasteiger partial charge in [0.25, 0.3) is 5.91 Å². The van der Waals surface area contributed by atoms with Crippen LogP contribution in [-0.2, 0) is 10.0 Å². The predicted octanol–water partition coefficient (Wildman–Crippen LogP) is 1.70. The third-order valence-corrected chi connectivity index (χ3v) is 6.30. The van der Waals surface area contributed by atoms with Gasteiger partial charge in [-0.05, 0) is 51.0 Å². The highest BCUT2D eigenvalue weighted by Gasteiger charge is 2.25. The molecule has 1 saturated heterocycles. The second kappa shape index (κ2) is 8.29. The highest BCUT2D eigenvalue weighted by Crippen LogP contribution is 2.19. The van der Waals surface area contributed by atoms with Gasteiger partial charge in [0.2, 0.25) is 10.0 Å². The first kappa shape index (κ1) is 20.9. The first-order valence-electron chi connectivity index (χ1n) is 7.86. The molecule has 1 aliphatic rings. The monoisotopic (exact) mass is 375 g/mol. The first-order chi connectivity index (χ1) is 10.7. The minimum atomic E-state index is -3.53. The minimum Gasteiger partial charge on any atom is -0.337 e. The summed E-state index contributed by atoms with van der Waals surface area (Å²) in [7, 11) is -1.98. The zero-order chi connectivity index (χ0) is 17.2. The fourth-order valence-corrected chi connectivity index (χ4v) is 3.96. The lowest BCUT2D eigenvalue weighted by molar-refractivity contribution is 0.0708. The molecule has 1 amide bonds. The minimum absolute atomic E-state index is 0. The van der Waals surface area contributed by atoms with Crippen molar-refractivity contribution in [1.82, 2.24) is 9.21 Å². The van der Waals surface area contributed by atoms with E-state index in [4.69, 9.17) is 5.73 Å². The van der Waals surface area contributed by atoms with E-state index in [1.54, 1.807) is 24.1 Å². The van der Waals surface area contributed by atoms with Gasteiger partial charge in [-0.2, -0.15) is 4.31 Å². The molecule has 1 heterocycles. The highest BCUT2D eigenvalue weighted by atomic mass is 35.5. The van der Waals surface area contributed by atoms with E-state index in [0.29, 0.717) is 18.7 Å². The summed E-state index contributed by atoms with van der Waals surface area (Å²) in [6, 6.07) is 6.02. The molecule has 0 radical (unpaired) electrons. The van der Waals surface area contributed by atoms with Gasteiger partial charge >= 0.3 is 0 Å². The molecule has 1 aliphatic heterocycles. The number of carbonyl (C=O) groups excluding carboxylic acids is 1. The lowest BCUT2D eigenvalue weighted by atomic mass is 10.1. The number of amides is 1. The van der Waals surface area contributed by atoms with Crippen molar-refractivity contribution in [2.75, 3.05) is 20.1 Å². The molecular weight excluding hydrogens is 350 g/mol. The largest absolute Gasteiger partial charge is 0.337 e. The Bertz CT molecular complexity index is 662. The van der Waals surface area contributed by atoms with Crippen molar-refractivity contribution in [2.45, 2.75) is 43.7 Å². The molecule has 1 aromatic rings. The first-order valence-corrected chi connectivity index (χ1v) is 9.30. The fourth-order valence-electron chi connectivity index (χ4n) is 2.59. The molecule has 0 bridgehead atoms. The fraction of sp³-hybridized carbons (Fsp3) is 0.562. The molecule has 1 aromatic carbocycles. The molecule has 1 unspecified atom stereocenters. The van der Waals surface area contributed by atoms with Crippen LogP contribution in [0.15, 0.2) is 29.2 Å². The van der Waals surface area contributed by atoms with E-state index < -0.39 is 10.0 Å². The van der Waals surface area contributed by atoms with Gasteiger partial charge in [-0.15, -0.1) is 12.4 Å². The zero-order valence-corrected chi connectivity index (χ0v) is 15.9. The van der Waals surface area contributed by atoms with Crippen LogP contribution in [0.1, 0.15) is 37.0 Å². The average molecular weight is 376 g/mol. The third kappa shape index (κ3) is 4.47. The van der Waals surface area contributed by atoms with E-state index in [-0.39, 0.29) is 35.3 Å². The van der Waals surface area contributed by atoms with E-state index in [2.05, 4.69) is 0 Å². The normalized spacial score (nSPS) is 18.6. The number of piperidine rings is 1. The summed E-state index contributed by atoms with van der Waals surface area (Å²) in [5.74, 6) is -0.0960. The summed E-state index contributed by atoms with van der Waals surface area (Å²) < 4.78 is 26.1. The van der Waals surface area contributed by atoms with Crippen LogP contribution in [0, 0.1) is 0 Å². The average Bonchev–Trinajstić information content (AvgIpc) is 2.53. The number of rotatable bonds is 4. The SMILES string of the molecule is CC(C)N(C)S(=O)(=O)c1ccc(C(=O)N2CCCC(N)C2)cc1.Cl. The lowest BCUT2D eigenvalue weighted by Gasteiger charge is -2.30. The number of nitrogens with two attached hydrogens (primary N) is 1. The Morgan fingerprint density at radius 3 is 2.38 bits per heavy atom. The smallest absolute Gasteiger partial charge is 0.253 e. The van der Waals surface area contributed by atoms with E-state index in [1.165, 1.54) is 16.4 Å². The quantitative estimate of drug-likeness (QED) is 0.868. The molecule has 0 saturated carbocycles. The van der Waals surface area contributed by atoms with Crippen LogP contribution in [0.25, 0.3) is 0 Å². The number of likely N-dealkylation sites (tertiary alicyclic amines) is 1. The Hall–Kier alpha value is -1.15. The van der Waals surface area contributed by atoms with E-state index in [0.717, 1.165) is 12.8 Å². The zero-order valence-electron chi connectivity index (χ0n) is 14.3. The van der Waals surface area contributed by atoms with Crippen LogP contribution in [0.3, 0.4) is 0 Å². The summed E-state index contributed by atoms with van der Waals surface area (Å²) in [6.45, 7) is 4.88. The Balaban J connectivity index is 0.00000288. The number of halogens is 1. The van der Waals surface area contributed by atoms with Crippen molar-refractivity contribution in [2.24, 2.45) is 5.73 Å². The molecule has 2 rings (SSSR count). The van der Waals surface area contributed by atoms with E-state index >= 15 is 0 Å². The Kier molecular flexibility index (Phi) is 7.22. The van der Waals surface area contributed by atoms with Crippen molar-refractivity contribution in [3.63, 3.8) is 0 Å².